The number of carbonyl (C=O) groups excluding carboxylic acids is 1. The first kappa shape index (κ1) is 20.3. The van der Waals surface area contributed by atoms with Crippen molar-refractivity contribution in [3.05, 3.63) is 77.9 Å². The van der Waals surface area contributed by atoms with Crippen LogP contribution in [0.25, 0.3) is 6.08 Å². The van der Waals surface area contributed by atoms with E-state index in [0.717, 1.165) is 44.5 Å². The molecular formula is C23H29N3O2. The predicted molar refractivity (Wildman–Crippen MR) is 112 cm³/mol. The van der Waals surface area contributed by atoms with Gasteiger partial charge in [0.25, 0.3) is 5.91 Å². The molecule has 1 atom stereocenters. The molecule has 2 aromatic carbocycles. The van der Waals surface area contributed by atoms with Gasteiger partial charge in [0.15, 0.2) is 0 Å². The molecule has 2 N–H and O–H groups in total. The number of hydrogen-bond acceptors (Lipinski definition) is 4. The Morgan fingerprint density at radius 1 is 1.07 bits per heavy atom. The molecule has 1 saturated heterocycles. The van der Waals surface area contributed by atoms with Crippen LogP contribution in [0.2, 0.25) is 0 Å². The Kier molecular flexibility index (Phi) is 8.25. The number of rotatable bonds is 9. The van der Waals surface area contributed by atoms with E-state index in [9.17, 15) is 4.79 Å². The first-order chi connectivity index (χ1) is 13.8. The van der Waals surface area contributed by atoms with Crippen LogP contribution in [0, 0.1) is 0 Å². The van der Waals surface area contributed by atoms with Gasteiger partial charge in [0.05, 0.1) is 6.61 Å². The van der Waals surface area contributed by atoms with E-state index in [4.69, 9.17) is 4.74 Å². The second-order valence-electron chi connectivity index (χ2n) is 6.90. The third kappa shape index (κ3) is 6.93. The highest BCUT2D eigenvalue weighted by Gasteiger charge is 2.23. The van der Waals surface area contributed by atoms with E-state index in [1.54, 1.807) is 6.08 Å². The summed E-state index contributed by atoms with van der Waals surface area (Å²) in [6.07, 6.45) is 6.44. The number of amides is 1. The van der Waals surface area contributed by atoms with Crippen molar-refractivity contribution in [2.75, 3.05) is 19.7 Å². The van der Waals surface area contributed by atoms with Gasteiger partial charge < -0.3 is 10.1 Å². The van der Waals surface area contributed by atoms with Gasteiger partial charge >= 0.3 is 0 Å². The van der Waals surface area contributed by atoms with Crippen LogP contribution in [0.15, 0.2) is 66.7 Å². The summed E-state index contributed by atoms with van der Waals surface area (Å²) in [6.45, 7) is 3.04. The Morgan fingerprint density at radius 2 is 1.82 bits per heavy atom. The van der Waals surface area contributed by atoms with Crippen LogP contribution in [0.1, 0.15) is 30.4 Å². The van der Waals surface area contributed by atoms with Gasteiger partial charge in [0.2, 0.25) is 0 Å². The molecule has 1 fully saturated rings. The topological polar surface area (TPSA) is 53.6 Å². The summed E-state index contributed by atoms with van der Waals surface area (Å²) in [6, 6.07) is 20.1. The van der Waals surface area contributed by atoms with Crippen LogP contribution < -0.4 is 10.7 Å². The lowest BCUT2D eigenvalue weighted by atomic mass is 10.1. The largest absolute Gasteiger partial charge is 0.360 e. The zero-order valence-corrected chi connectivity index (χ0v) is 16.2. The minimum atomic E-state index is -0.124. The maximum atomic E-state index is 12.3. The van der Waals surface area contributed by atoms with Crippen molar-refractivity contribution in [1.82, 2.24) is 15.8 Å². The van der Waals surface area contributed by atoms with Crippen molar-refractivity contribution in [3.8, 4) is 0 Å². The van der Waals surface area contributed by atoms with Gasteiger partial charge in [-0.15, -0.1) is 0 Å². The Labute approximate surface area is 167 Å². The van der Waals surface area contributed by atoms with E-state index in [-0.39, 0.29) is 12.1 Å². The molecule has 28 heavy (non-hydrogen) atoms. The van der Waals surface area contributed by atoms with E-state index < -0.39 is 0 Å². The van der Waals surface area contributed by atoms with Gasteiger partial charge in [-0.25, -0.2) is 0 Å². The number of piperidine rings is 1. The summed E-state index contributed by atoms with van der Waals surface area (Å²) < 4.78 is 6.02. The Hall–Kier alpha value is -2.47. The average Bonchev–Trinajstić information content (AvgIpc) is 2.75. The predicted octanol–water partition coefficient (Wildman–Crippen LogP) is 3.35. The van der Waals surface area contributed by atoms with Gasteiger partial charge in [-0.1, -0.05) is 60.7 Å². The maximum Gasteiger partial charge on any atom is 0.258 e. The fraction of sp³-hybridized carbons (Fsp3) is 0.348. The molecule has 1 aliphatic heterocycles. The van der Waals surface area contributed by atoms with E-state index in [1.807, 2.05) is 59.6 Å². The normalized spacial score (nSPS) is 17.6. The Bertz CT molecular complexity index is 734. The molecule has 5 heteroatoms. The molecule has 3 rings (SSSR count). The van der Waals surface area contributed by atoms with Crippen LogP contribution in [-0.2, 0) is 16.1 Å². The van der Waals surface area contributed by atoms with Crippen LogP contribution in [0.5, 0.6) is 0 Å². The van der Waals surface area contributed by atoms with Crippen molar-refractivity contribution in [2.45, 2.75) is 32.0 Å². The fourth-order valence-corrected chi connectivity index (χ4v) is 3.21. The number of hydrogen-bond donors (Lipinski definition) is 2. The van der Waals surface area contributed by atoms with E-state index in [0.29, 0.717) is 6.61 Å². The quantitative estimate of drug-likeness (QED) is 0.518. The molecule has 5 nitrogen and oxygen atoms in total. The van der Waals surface area contributed by atoms with Crippen LogP contribution in [0.3, 0.4) is 0 Å². The molecular weight excluding hydrogens is 350 g/mol. The van der Waals surface area contributed by atoms with Crippen LogP contribution in [-0.4, -0.2) is 36.8 Å². The highest BCUT2D eigenvalue weighted by molar-refractivity contribution is 5.91. The van der Waals surface area contributed by atoms with Crippen LogP contribution in [0.4, 0.5) is 0 Å². The van der Waals surface area contributed by atoms with Crippen molar-refractivity contribution < 1.29 is 9.53 Å². The summed E-state index contributed by atoms with van der Waals surface area (Å²) >= 11 is 0. The van der Waals surface area contributed by atoms with Crippen LogP contribution >= 0.6 is 0 Å². The van der Waals surface area contributed by atoms with Crippen molar-refractivity contribution in [3.63, 3.8) is 0 Å². The molecule has 0 bridgehead atoms. The highest BCUT2D eigenvalue weighted by Crippen LogP contribution is 2.16. The number of nitrogens with zero attached hydrogens (tertiary/aromatic N) is 1. The van der Waals surface area contributed by atoms with Gasteiger partial charge in [-0.3, -0.25) is 10.2 Å². The zero-order chi connectivity index (χ0) is 19.4. The molecule has 1 unspecified atom stereocenters. The van der Waals surface area contributed by atoms with Gasteiger partial charge in [0.1, 0.15) is 6.23 Å². The summed E-state index contributed by atoms with van der Waals surface area (Å²) in [5.41, 5.74) is 5.24. The van der Waals surface area contributed by atoms with E-state index in [2.05, 4.69) is 22.9 Å². The zero-order valence-electron chi connectivity index (χ0n) is 16.2. The van der Waals surface area contributed by atoms with Crippen molar-refractivity contribution in [1.29, 1.82) is 0 Å². The van der Waals surface area contributed by atoms with Gasteiger partial charge in [-0.2, -0.15) is 5.01 Å². The number of nitrogens with one attached hydrogen (secondary N) is 2. The molecule has 1 amide bonds. The lowest BCUT2D eigenvalue weighted by molar-refractivity contribution is -0.137. The first-order valence-corrected chi connectivity index (χ1v) is 9.98. The second kappa shape index (κ2) is 11.4. The summed E-state index contributed by atoms with van der Waals surface area (Å²) in [7, 11) is 0. The third-order valence-corrected chi connectivity index (χ3v) is 4.69. The van der Waals surface area contributed by atoms with Crippen molar-refractivity contribution >= 4 is 12.0 Å². The molecule has 0 aromatic heterocycles. The molecule has 0 aliphatic carbocycles. The summed E-state index contributed by atoms with van der Waals surface area (Å²) in [5.74, 6) is -0.124. The lowest BCUT2D eigenvalue weighted by Gasteiger charge is -2.35. The smallest absolute Gasteiger partial charge is 0.258 e. The summed E-state index contributed by atoms with van der Waals surface area (Å²) in [5, 5.41) is 5.32. The highest BCUT2D eigenvalue weighted by atomic mass is 16.5. The Balaban J connectivity index is 1.39. The molecule has 2 aromatic rings. The molecule has 0 radical (unpaired) electrons. The summed E-state index contributed by atoms with van der Waals surface area (Å²) in [4.78, 5) is 12.3. The molecule has 1 aliphatic rings. The fourth-order valence-electron chi connectivity index (χ4n) is 3.21. The SMILES string of the molecule is O=C(/C=C/c1ccccc1)NN1CCCCC1OCCNCc1ccccc1. The van der Waals surface area contributed by atoms with E-state index in [1.165, 1.54) is 5.56 Å². The lowest BCUT2D eigenvalue weighted by Crippen LogP contribution is -2.52. The number of ether oxygens (including phenoxy) is 1. The van der Waals surface area contributed by atoms with Gasteiger partial charge in [-0.05, 0) is 36.5 Å². The molecule has 148 valence electrons. The Morgan fingerprint density at radius 3 is 2.61 bits per heavy atom. The van der Waals surface area contributed by atoms with Crippen molar-refractivity contribution in [2.24, 2.45) is 0 Å². The average molecular weight is 380 g/mol. The number of carbonyl (C=O) groups is 1. The number of hydrazine groups is 1. The monoisotopic (exact) mass is 379 g/mol. The first-order valence-electron chi connectivity index (χ1n) is 9.98. The van der Waals surface area contributed by atoms with E-state index >= 15 is 0 Å². The number of benzene rings is 2. The minimum absolute atomic E-state index is 0.0682. The molecule has 0 saturated carbocycles. The standard InChI is InChI=1S/C23H29N3O2/c27-22(15-14-20-9-3-1-4-10-20)25-26-17-8-7-13-23(26)28-18-16-24-19-21-11-5-2-6-12-21/h1-6,9-12,14-15,23-24H,7-8,13,16-19H2,(H,25,27)/b15-14+. The molecule has 1 heterocycles. The molecule has 0 spiro atoms. The maximum absolute atomic E-state index is 12.3. The third-order valence-electron chi connectivity index (χ3n) is 4.69. The second-order valence-corrected chi connectivity index (χ2v) is 6.90. The van der Waals surface area contributed by atoms with Gasteiger partial charge in [0, 0.05) is 25.7 Å². The minimum Gasteiger partial charge on any atom is -0.360 e.